The molecule has 0 aromatic carbocycles. The van der Waals surface area contributed by atoms with Gasteiger partial charge in [-0.15, -0.1) is 0 Å². The van der Waals surface area contributed by atoms with Crippen molar-refractivity contribution in [2.45, 2.75) is 51.4 Å². The van der Waals surface area contributed by atoms with Crippen LogP contribution in [0.1, 0.15) is 51.4 Å². The predicted octanol–water partition coefficient (Wildman–Crippen LogP) is 3.49. The number of hydrogen-bond donors (Lipinski definition) is 0. The van der Waals surface area contributed by atoms with E-state index in [1.807, 2.05) is 0 Å². The van der Waals surface area contributed by atoms with Gasteiger partial charge >= 0.3 is 0 Å². The lowest BCUT2D eigenvalue weighted by molar-refractivity contribution is -0.110. The standard InChI is InChI=1S/C13H20O/c1-11-5-8-13(10-11)7-3-2-4-12(13)6-9-14/h9,12H,1-8,10H2. The molecule has 0 radical (unpaired) electrons. The molecule has 0 N–H and O–H groups in total. The van der Waals surface area contributed by atoms with Crippen LogP contribution in [0, 0.1) is 11.3 Å². The Bertz CT molecular complexity index is 244. The van der Waals surface area contributed by atoms with E-state index in [9.17, 15) is 4.79 Å². The Balaban J connectivity index is 2.12. The molecule has 2 aliphatic rings. The summed E-state index contributed by atoms with van der Waals surface area (Å²) in [5.41, 5.74) is 1.90. The molecule has 2 fully saturated rings. The third-order valence-electron chi connectivity index (χ3n) is 4.30. The lowest BCUT2D eigenvalue weighted by Gasteiger charge is -2.40. The summed E-state index contributed by atoms with van der Waals surface area (Å²) in [6, 6.07) is 0. The average molecular weight is 192 g/mol. The first kappa shape index (κ1) is 9.95. The molecule has 2 atom stereocenters. The molecule has 2 rings (SSSR count). The Kier molecular flexibility index (Phi) is 2.76. The van der Waals surface area contributed by atoms with E-state index in [4.69, 9.17) is 0 Å². The predicted molar refractivity (Wildman–Crippen MR) is 58.1 cm³/mol. The summed E-state index contributed by atoms with van der Waals surface area (Å²) in [6.07, 6.45) is 10.9. The molecule has 1 spiro atoms. The molecule has 0 aromatic heterocycles. The van der Waals surface area contributed by atoms with E-state index in [1.54, 1.807) is 0 Å². The maximum Gasteiger partial charge on any atom is 0.120 e. The van der Waals surface area contributed by atoms with Gasteiger partial charge in [-0.05, 0) is 43.4 Å². The van der Waals surface area contributed by atoms with Gasteiger partial charge in [0.05, 0.1) is 0 Å². The maximum atomic E-state index is 10.7. The minimum absolute atomic E-state index is 0.482. The van der Waals surface area contributed by atoms with E-state index in [0.717, 1.165) is 12.7 Å². The van der Waals surface area contributed by atoms with E-state index in [2.05, 4.69) is 6.58 Å². The molecule has 0 amide bonds. The smallest absolute Gasteiger partial charge is 0.120 e. The SMILES string of the molecule is C=C1CCC2(CCCCC2CC=O)C1. The Morgan fingerprint density at radius 2 is 2.29 bits per heavy atom. The highest BCUT2D eigenvalue weighted by atomic mass is 16.1. The minimum Gasteiger partial charge on any atom is -0.303 e. The Morgan fingerprint density at radius 3 is 2.93 bits per heavy atom. The summed E-state index contributed by atoms with van der Waals surface area (Å²) in [7, 11) is 0. The van der Waals surface area contributed by atoms with Gasteiger partial charge in [-0.1, -0.05) is 25.0 Å². The number of carbonyl (C=O) groups excluding carboxylic acids is 1. The molecule has 14 heavy (non-hydrogen) atoms. The summed E-state index contributed by atoms with van der Waals surface area (Å²) in [5.74, 6) is 0.660. The van der Waals surface area contributed by atoms with Gasteiger partial charge in [0.1, 0.15) is 6.29 Å². The number of carbonyl (C=O) groups is 1. The highest BCUT2D eigenvalue weighted by Gasteiger charge is 2.43. The van der Waals surface area contributed by atoms with Gasteiger partial charge in [-0.2, -0.15) is 0 Å². The third kappa shape index (κ3) is 1.65. The second-order valence-corrected chi connectivity index (χ2v) is 5.13. The van der Waals surface area contributed by atoms with Crippen LogP contribution in [0.25, 0.3) is 0 Å². The fourth-order valence-electron chi connectivity index (χ4n) is 3.52. The lowest BCUT2D eigenvalue weighted by Crippen LogP contribution is -2.31. The molecule has 78 valence electrons. The monoisotopic (exact) mass is 192 g/mol. The van der Waals surface area contributed by atoms with Crippen LogP contribution in [0.4, 0.5) is 0 Å². The lowest BCUT2D eigenvalue weighted by atomic mass is 9.64. The first-order valence-electron chi connectivity index (χ1n) is 5.87. The van der Waals surface area contributed by atoms with Crippen LogP contribution in [0.5, 0.6) is 0 Å². The fraction of sp³-hybridized carbons (Fsp3) is 0.769. The largest absolute Gasteiger partial charge is 0.303 e. The quantitative estimate of drug-likeness (QED) is 0.483. The van der Waals surface area contributed by atoms with Gasteiger partial charge < -0.3 is 4.79 Å². The molecule has 0 saturated heterocycles. The van der Waals surface area contributed by atoms with E-state index in [0.29, 0.717) is 11.3 Å². The Hall–Kier alpha value is -0.590. The zero-order valence-corrected chi connectivity index (χ0v) is 8.93. The average Bonchev–Trinajstić information content (AvgIpc) is 2.53. The van der Waals surface area contributed by atoms with Crippen molar-refractivity contribution >= 4 is 6.29 Å². The molecular weight excluding hydrogens is 172 g/mol. The highest BCUT2D eigenvalue weighted by molar-refractivity contribution is 5.50. The van der Waals surface area contributed by atoms with E-state index < -0.39 is 0 Å². The van der Waals surface area contributed by atoms with Crippen molar-refractivity contribution in [2.24, 2.45) is 11.3 Å². The second-order valence-electron chi connectivity index (χ2n) is 5.13. The van der Waals surface area contributed by atoms with Crippen molar-refractivity contribution in [3.05, 3.63) is 12.2 Å². The summed E-state index contributed by atoms with van der Waals surface area (Å²) in [4.78, 5) is 10.7. The third-order valence-corrected chi connectivity index (χ3v) is 4.30. The molecule has 0 bridgehead atoms. The second kappa shape index (κ2) is 3.88. The van der Waals surface area contributed by atoms with Gasteiger partial charge in [0.2, 0.25) is 0 Å². The summed E-state index contributed by atoms with van der Waals surface area (Å²) in [5, 5.41) is 0. The molecule has 0 heterocycles. The zero-order chi connectivity index (χ0) is 10.0. The molecule has 2 saturated carbocycles. The summed E-state index contributed by atoms with van der Waals surface area (Å²) >= 11 is 0. The van der Waals surface area contributed by atoms with E-state index in [1.165, 1.54) is 50.5 Å². The number of hydrogen-bond acceptors (Lipinski definition) is 1. The van der Waals surface area contributed by atoms with Crippen molar-refractivity contribution in [1.29, 1.82) is 0 Å². The van der Waals surface area contributed by atoms with Gasteiger partial charge in [0.25, 0.3) is 0 Å². The molecule has 1 heteroatoms. The first-order valence-corrected chi connectivity index (χ1v) is 5.87. The summed E-state index contributed by atoms with van der Waals surface area (Å²) < 4.78 is 0. The molecular formula is C13H20O. The molecule has 2 unspecified atom stereocenters. The van der Waals surface area contributed by atoms with Gasteiger partial charge in [0.15, 0.2) is 0 Å². The molecule has 0 aliphatic heterocycles. The van der Waals surface area contributed by atoms with Crippen molar-refractivity contribution in [3.8, 4) is 0 Å². The van der Waals surface area contributed by atoms with Crippen molar-refractivity contribution in [1.82, 2.24) is 0 Å². The van der Waals surface area contributed by atoms with Crippen molar-refractivity contribution in [3.63, 3.8) is 0 Å². The van der Waals surface area contributed by atoms with Crippen LogP contribution in [-0.2, 0) is 4.79 Å². The Morgan fingerprint density at radius 1 is 1.43 bits per heavy atom. The van der Waals surface area contributed by atoms with Gasteiger partial charge in [-0.3, -0.25) is 0 Å². The van der Waals surface area contributed by atoms with Crippen LogP contribution < -0.4 is 0 Å². The first-order chi connectivity index (χ1) is 6.77. The van der Waals surface area contributed by atoms with Gasteiger partial charge in [-0.25, -0.2) is 0 Å². The summed E-state index contributed by atoms with van der Waals surface area (Å²) in [6.45, 7) is 4.11. The maximum absolute atomic E-state index is 10.7. The Labute approximate surface area is 86.6 Å². The van der Waals surface area contributed by atoms with Gasteiger partial charge in [0, 0.05) is 6.42 Å². The molecule has 0 aromatic rings. The van der Waals surface area contributed by atoms with Crippen LogP contribution in [0.15, 0.2) is 12.2 Å². The van der Waals surface area contributed by atoms with Crippen LogP contribution in [0.2, 0.25) is 0 Å². The normalized spacial score (nSPS) is 37.7. The minimum atomic E-state index is 0.482. The molecule has 1 nitrogen and oxygen atoms in total. The number of allylic oxidation sites excluding steroid dienone is 1. The van der Waals surface area contributed by atoms with E-state index >= 15 is 0 Å². The topological polar surface area (TPSA) is 17.1 Å². The fourth-order valence-corrected chi connectivity index (χ4v) is 3.52. The number of aldehydes is 1. The van der Waals surface area contributed by atoms with Crippen LogP contribution in [0.3, 0.4) is 0 Å². The zero-order valence-electron chi connectivity index (χ0n) is 8.93. The van der Waals surface area contributed by atoms with Crippen molar-refractivity contribution in [2.75, 3.05) is 0 Å². The highest BCUT2D eigenvalue weighted by Crippen LogP contribution is 2.54. The van der Waals surface area contributed by atoms with Crippen molar-refractivity contribution < 1.29 is 4.79 Å². The molecule has 2 aliphatic carbocycles. The van der Waals surface area contributed by atoms with Crippen LogP contribution >= 0.6 is 0 Å². The van der Waals surface area contributed by atoms with Crippen LogP contribution in [-0.4, -0.2) is 6.29 Å². The van der Waals surface area contributed by atoms with E-state index in [-0.39, 0.29) is 0 Å². The number of rotatable bonds is 2.